The molecule has 0 N–H and O–H groups in total. The Morgan fingerprint density at radius 2 is 1.79 bits per heavy atom. The third-order valence-corrected chi connectivity index (χ3v) is 6.33. The van der Waals surface area contributed by atoms with Gasteiger partial charge in [-0.3, -0.25) is 0 Å². The number of halogens is 1. The van der Waals surface area contributed by atoms with Crippen LogP contribution in [0.15, 0.2) is 70.3 Å². The molecular formula is C22H20BrN3OS. The topological polar surface area (TPSA) is 39.9 Å². The van der Waals surface area contributed by atoms with Crippen molar-refractivity contribution in [3.05, 3.63) is 82.1 Å². The lowest BCUT2D eigenvalue weighted by Gasteiger charge is -2.11. The van der Waals surface area contributed by atoms with Crippen LogP contribution < -0.4 is 4.74 Å². The molecule has 0 spiro atoms. The molecule has 0 unspecified atom stereocenters. The highest BCUT2D eigenvalue weighted by atomic mass is 79.9. The van der Waals surface area contributed by atoms with Crippen molar-refractivity contribution in [3.63, 3.8) is 0 Å². The summed E-state index contributed by atoms with van der Waals surface area (Å²) in [6.45, 7) is 2.48. The molecule has 0 amide bonds. The Bertz CT molecular complexity index is 1110. The van der Waals surface area contributed by atoms with E-state index in [2.05, 4.69) is 87.6 Å². The molecule has 28 heavy (non-hydrogen) atoms. The van der Waals surface area contributed by atoms with Crippen LogP contribution in [0.5, 0.6) is 5.75 Å². The molecule has 0 fully saturated rings. The number of aryl methyl sites for hydroxylation is 1. The lowest BCUT2D eigenvalue weighted by Crippen LogP contribution is -2.05. The standard InChI is InChI=1S/C22H20BrN3OS/c1-15-19-6-4-3-5-17(19)9-12-20(15)27-13-21-24-25-22(26(21)2)28-14-16-7-10-18(23)11-8-16/h3-12H,13-14H2,1-2H3. The predicted octanol–water partition coefficient (Wildman–Crippen LogP) is 5.91. The summed E-state index contributed by atoms with van der Waals surface area (Å²) in [5.74, 6) is 2.54. The first-order chi connectivity index (χ1) is 13.6. The summed E-state index contributed by atoms with van der Waals surface area (Å²) < 4.78 is 9.15. The fourth-order valence-electron chi connectivity index (χ4n) is 3.03. The Kier molecular flexibility index (Phi) is 5.69. The first-order valence-electron chi connectivity index (χ1n) is 8.98. The molecular weight excluding hydrogens is 434 g/mol. The number of benzene rings is 3. The van der Waals surface area contributed by atoms with Gasteiger partial charge in [-0.1, -0.05) is 70.2 Å². The molecule has 1 aromatic heterocycles. The molecule has 6 heteroatoms. The fourth-order valence-corrected chi connectivity index (χ4v) is 4.18. The number of fused-ring (bicyclic) bond motifs is 1. The highest BCUT2D eigenvalue weighted by molar-refractivity contribution is 9.10. The monoisotopic (exact) mass is 453 g/mol. The van der Waals surface area contributed by atoms with E-state index in [9.17, 15) is 0 Å². The molecule has 4 rings (SSSR count). The summed E-state index contributed by atoms with van der Waals surface area (Å²) in [6.07, 6.45) is 0. The average molecular weight is 454 g/mol. The number of nitrogens with zero attached hydrogens (tertiary/aromatic N) is 3. The van der Waals surface area contributed by atoms with Crippen molar-refractivity contribution in [1.29, 1.82) is 0 Å². The Balaban J connectivity index is 1.43. The number of hydrogen-bond donors (Lipinski definition) is 0. The Labute approximate surface area is 177 Å². The highest BCUT2D eigenvalue weighted by Crippen LogP contribution is 2.28. The average Bonchev–Trinajstić information content (AvgIpc) is 3.07. The first kappa shape index (κ1) is 19.0. The Morgan fingerprint density at radius 1 is 1.00 bits per heavy atom. The SMILES string of the molecule is Cc1c(OCc2nnc(SCc3ccc(Br)cc3)n2C)ccc2ccccc12. The number of ether oxygens (including phenoxy) is 1. The molecule has 0 radical (unpaired) electrons. The summed E-state index contributed by atoms with van der Waals surface area (Å²) in [4.78, 5) is 0. The van der Waals surface area contributed by atoms with Gasteiger partial charge in [0.2, 0.25) is 0 Å². The van der Waals surface area contributed by atoms with Gasteiger partial charge in [-0.15, -0.1) is 10.2 Å². The molecule has 4 aromatic rings. The lowest BCUT2D eigenvalue weighted by molar-refractivity contribution is 0.289. The van der Waals surface area contributed by atoms with E-state index in [0.717, 1.165) is 32.5 Å². The van der Waals surface area contributed by atoms with Crippen LogP contribution in [0.3, 0.4) is 0 Å². The minimum absolute atomic E-state index is 0.390. The van der Waals surface area contributed by atoms with E-state index in [1.807, 2.05) is 17.7 Å². The Hall–Kier alpha value is -2.31. The minimum atomic E-state index is 0.390. The zero-order valence-corrected chi connectivity index (χ0v) is 18.1. The van der Waals surface area contributed by atoms with Crippen molar-refractivity contribution in [1.82, 2.24) is 14.8 Å². The molecule has 0 saturated heterocycles. The molecule has 142 valence electrons. The maximum atomic E-state index is 6.06. The number of thioether (sulfide) groups is 1. The van der Waals surface area contributed by atoms with Gasteiger partial charge in [-0.05, 0) is 47.0 Å². The second-order valence-corrected chi connectivity index (χ2v) is 8.43. The van der Waals surface area contributed by atoms with Crippen LogP contribution >= 0.6 is 27.7 Å². The van der Waals surface area contributed by atoms with Gasteiger partial charge in [0.25, 0.3) is 0 Å². The van der Waals surface area contributed by atoms with Gasteiger partial charge in [0, 0.05) is 17.3 Å². The van der Waals surface area contributed by atoms with Crippen LogP contribution in [0.2, 0.25) is 0 Å². The van der Waals surface area contributed by atoms with Crippen LogP contribution in [-0.4, -0.2) is 14.8 Å². The third-order valence-electron chi connectivity index (χ3n) is 4.71. The van der Waals surface area contributed by atoms with Gasteiger partial charge in [-0.2, -0.15) is 0 Å². The predicted molar refractivity (Wildman–Crippen MR) is 118 cm³/mol. The van der Waals surface area contributed by atoms with Crippen molar-refractivity contribution in [2.24, 2.45) is 7.05 Å². The van der Waals surface area contributed by atoms with Gasteiger partial charge in [-0.25, -0.2) is 0 Å². The molecule has 1 heterocycles. The molecule has 0 atom stereocenters. The van der Waals surface area contributed by atoms with E-state index in [1.165, 1.54) is 16.3 Å². The van der Waals surface area contributed by atoms with E-state index in [1.54, 1.807) is 11.8 Å². The molecule has 4 nitrogen and oxygen atoms in total. The maximum Gasteiger partial charge on any atom is 0.191 e. The summed E-state index contributed by atoms with van der Waals surface area (Å²) in [6, 6.07) is 20.8. The van der Waals surface area contributed by atoms with Crippen molar-refractivity contribution in [3.8, 4) is 5.75 Å². The summed E-state index contributed by atoms with van der Waals surface area (Å²) >= 11 is 5.14. The maximum absolute atomic E-state index is 6.06. The number of aromatic nitrogens is 3. The lowest BCUT2D eigenvalue weighted by atomic mass is 10.0. The molecule has 0 bridgehead atoms. The van der Waals surface area contributed by atoms with Gasteiger partial charge in [0.1, 0.15) is 12.4 Å². The fraction of sp³-hybridized carbons (Fsp3) is 0.182. The largest absolute Gasteiger partial charge is 0.485 e. The highest BCUT2D eigenvalue weighted by Gasteiger charge is 2.11. The van der Waals surface area contributed by atoms with E-state index >= 15 is 0 Å². The van der Waals surface area contributed by atoms with Crippen LogP contribution in [-0.2, 0) is 19.4 Å². The molecule has 3 aromatic carbocycles. The third kappa shape index (κ3) is 4.08. The number of rotatable bonds is 6. The zero-order valence-electron chi connectivity index (χ0n) is 15.7. The normalized spacial score (nSPS) is 11.1. The van der Waals surface area contributed by atoms with Crippen molar-refractivity contribution >= 4 is 38.5 Å². The smallest absolute Gasteiger partial charge is 0.191 e. The zero-order chi connectivity index (χ0) is 19.5. The summed E-state index contributed by atoms with van der Waals surface area (Å²) in [5.41, 5.74) is 2.39. The molecule has 0 saturated carbocycles. The quantitative estimate of drug-likeness (QED) is 0.340. The minimum Gasteiger partial charge on any atom is -0.485 e. The number of hydrogen-bond acceptors (Lipinski definition) is 4. The van der Waals surface area contributed by atoms with Gasteiger partial charge < -0.3 is 9.30 Å². The second-order valence-electron chi connectivity index (χ2n) is 6.57. The van der Waals surface area contributed by atoms with Gasteiger partial charge in [0.05, 0.1) is 0 Å². The van der Waals surface area contributed by atoms with Crippen LogP contribution in [0.4, 0.5) is 0 Å². The Morgan fingerprint density at radius 3 is 2.61 bits per heavy atom. The summed E-state index contributed by atoms with van der Waals surface area (Å²) in [5, 5.41) is 11.9. The van der Waals surface area contributed by atoms with E-state index in [0.29, 0.717) is 6.61 Å². The van der Waals surface area contributed by atoms with E-state index in [4.69, 9.17) is 4.74 Å². The van der Waals surface area contributed by atoms with E-state index < -0.39 is 0 Å². The van der Waals surface area contributed by atoms with Crippen molar-refractivity contribution in [2.75, 3.05) is 0 Å². The summed E-state index contributed by atoms with van der Waals surface area (Å²) in [7, 11) is 1.98. The molecule has 0 aliphatic rings. The second kappa shape index (κ2) is 8.37. The van der Waals surface area contributed by atoms with Crippen LogP contribution in [0.1, 0.15) is 17.0 Å². The van der Waals surface area contributed by atoms with Crippen molar-refractivity contribution in [2.45, 2.75) is 24.4 Å². The van der Waals surface area contributed by atoms with Gasteiger partial charge in [0.15, 0.2) is 11.0 Å². The van der Waals surface area contributed by atoms with Crippen molar-refractivity contribution < 1.29 is 4.74 Å². The molecule has 0 aliphatic heterocycles. The van der Waals surface area contributed by atoms with Crippen LogP contribution in [0, 0.1) is 6.92 Å². The first-order valence-corrected chi connectivity index (χ1v) is 10.8. The van der Waals surface area contributed by atoms with E-state index in [-0.39, 0.29) is 0 Å². The molecule has 0 aliphatic carbocycles. The van der Waals surface area contributed by atoms with Gasteiger partial charge >= 0.3 is 0 Å². The van der Waals surface area contributed by atoms with Crippen LogP contribution in [0.25, 0.3) is 10.8 Å².